The average Bonchev–Trinajstić information content (AvgIpc) is 3.58. The average molecular weight is 716 g/mol. The number of phenols is 2. The number of rotatable bonds is 10. The van der Waals surface area contributed by atoms with Crippen LogP contribution >= 0.6 is 0 Å². The number of aryl methyl sites for hydroxylation is 1. The number of aromatic hydroxyl groups is 2. The smallest absolute Gasteiger partial charge is 0.336 e. The normalized spacial score (nSPS) is 10.9. The fourth-order valence-electron chi connectivity index (χ4n) is 6.39. The third kappa shape index (κ3) is 6.51. The first-order valence-electron chi connectivity index (χ1n) is 16.6. The Balaban J connectivity index is 1.48. The molecule has 7 aromatic rings. The number of hydrogen-bond acceptors (Lipinski definition) is 8. The Morgan fingerprint density at radius 2 is 1.00 bits per heavy atom. The van der Waals surface area contributed by atoms with Gasteiger partial charge < -0.3 is 24.8 Å². The first-order chi connectivity index (χ1) is 26.0. The van der Waals surface area contributed by atoms with Crippen molar-refractivity contribution in [3.8, 4) is 56.3 Å². The summed E-state index contributed by atoms with van der Waals surface area (Å²) in [5.74, 6) is -3.59. The van der Waals surface area contributed by atoms with Crippen LogP contribution in [0.15, 0.2) is 138 Å². The molecule has 0 spiro atoms. The number of ketones is 2. The second-order valence-electron chi connectivity index (χ2n) is 12.4. The first kappa shape index (κ1) is 34.8. The van der Waals surface area contributed by atoms with Crippen LogP contribution < -0.4 is 0 Å². The van der Waals surface area contributed by atoms with Gasteiger partial charge in [0.05, 0.1) is 22.3 Å². The Morgan fingerprint density at radius 3 is 1.48 bits per heavy atom. The van der Waals surface area contributed by atoms with Crippen LogP contribution in [0.1, 0.15) is 58.4 Å². The van der Waals surface area contributed by atoms with Gasteiger partial charge in [-0.1, -0.05) is 84.9 Å². The Morgan fingerprint density at radius 1 is 0.519 bits per heavy atom. The highest BCUT2D eigenvalue weighted by atomic mass is 16.4. The molecule has 0 amide bonds. The summed E-state index contributed by atoms with van der Waals surface area (Å²) in [5.41, 5.74) is 2.62. The fourth-order valence-corrected chi connectivity index (χ4v) is 6.39. The summed E-state index contributed by atoms with van der Waals surface area (Å²) < 4.78 is 6.17. The van der Waals surface area contributed by atoms with E-state index in [0.717, 1.165) is 0 Å². The molecule has 7 rings (SSSR count). The molecule has 0 aliphatic rings. The Hall–Kier alpha value is -7.59. The molecule has 0 saturated carbocycles. The summed E-state index contributed by atoms with van der Waals surface area (Å²) in [5, 5.41) is 42.6. The number of carbonyl (C=O) groups excluding carboxylic acids is 2. The maximum Gasteiger partial charge on any atom is 0.336 e. The molecule has 1 heterocycles. The Kier molecular flexibility index (Phi) is 9.16. The van der Waals surface area contributed by atoms with Gasteiger partial charge in [0.15, 0.2) is 23.2 Å². The van der Waals surface area contributed by atoms with Crippen molar-refractivity contribution in [2.75, 3.05) is 0 Å². The monoisotopic (exact) mass is 715 g/mol. The molecule has 54 heavy (non-hydrogen) atoms. The molecule has 0 unspecified atom stereocenters. The van der Waals surface area contributed by atoms with Crippen molar-refractivity contribution in [3.63, 3.8) is 0 Å². The molecule has 10 nitrogen and oxygen atoms in total. The van der Waals surface area contributed by atoms with Crippen LogP contribution in [-0.4, -0.2) is 48.9 Å². The molecule has 0 saturated heterocycles. The second-order valence-corrected chi connectivity index (χ2v) is 12.4. The minimum absolute atomic E-state index is 0.00101. The van der Waals surface area contributed by atoms with Gasteiger partial charge >= 0.3 is 11.9 Å². The van der Waals surface area contributed by atoms with Crippen LogP contribution in [0.2, 0.25) is 0 Å². The van der Waals surface area contributed by atoms with Gasteiger partial charge in [-0.3, -0.25) is 9.59 Å². The van der Waals surface area contributed by atoms with Crippen molar-refractivity contribution in [2.45, 2.75) is 6.92 Å². The molecule has 4 N–H and O–H groups in total. The van der Waals surface area contributed by atoms with Gasteiger partial charge in [-0.25, -0.2) is 14.6 Å². The molecule has 0 aliphatic carbocycles. The summed E-state index contributed by atoms with van der Waals surface area (Å²) in [7, 11) is 0. The third-order valence-electron chi connectivity index (χ3n) is 8.95. The lowest BCUT2D eigenvalue weighted by Crippen LogP contribution is -2.05. The quantitative estimate of drug-likeness (QED) is 0.100. The predicted octanol–water partition coefficient (Wildman–Crippen LogP) is 8.92. The Labute approximate surface area is 307 Å². The van der Waals surface area contributed by atoms with Crippen LogP contribution in [0.3, 0.4) is 0 Å². The second kappa shape index (κ2) is 14.2. The standard InChI is InChI=1S/C44H29NO9/c1-24-45-39(25-12-14-28(15-13-25)43(50)51)42(54-24)33-20-21-34(44(52)53)38(30-17-19-32(36(47)23-30)41(49)27-10-6-3-7-11-27)37(33)29-16-18-31(35(46)22-29)40(48)26-8-4-2-5-9-26/h2-23,46-47H,1H3,(H,50,51)(H,52,53). The first-order valence-corrected chi connectivity index (χ1v) is 16.6. The van der Waals surface area contributed by atoms with Crippen LogP contribution in [0, 0.1) is 6.92 Å². The topological polar surface area (TPSA) is 175 Å². The molecule has 264 valence electrons. The van der Waals surface area contributed by atoms with Crippen molar-refractivity contribution in [1.82, 2.24) is 4.98 Å². The molecule has 1 aromatic heterocycles. The van der Waals surface area contributed by atoms with E-state index in [1.807, 2.05) is 0 Å². The molecular weight excluding hydrogens is 686 g/mol. The zero-order chi connectivity index (χ0) is 38.1. The lowest BCUT2D eigenvalue weighted by Gasteiger charge is -2.19. The van der Waals surface area contributed by atoms with E-state index < -0.39 is 29.3 Å². The minimum atomic E-state index is -1.31. The number of carboxylic acids is 2. The highest BCUT2D eigenvalue weighted by molar-refractivity contribution is 6.13. The summed E-state index contributed by atoms with van der Waals surface area (Å²) in [6.45, 7) is 1.63. The highest BCUT2D eigenvalue weighted by Crippen LogP contribution is 2.47. The highest BCUT2D eigenvalue weighted by Gasteiger charge is 2.28. The maximum absolute atomic E-state index is 13.4. The van der Waals surface area contributed by atoms with E-state index in [1.165, 1.54) is 54.6 Å². The summed E-state index contributed by atoms with van der Waals surface area (Å²) >= 11 is 0. The summed E-state index contributed by atoms with van der Waals surface area (Å²) in [6.07, 6.45) is 0. The van der Waals surface area contributed by atoms with Crippen molar-refractivity contribution >= 4 is 23.5 Å². The van der Waals surface area contributed by atoms with Gasteiger partial charge in [-0.15, -0.1) is 0 Å². The maximum atomic E-state index is 13.4. The summed E-state index contributed by atoms with van der Waals surface area (Å²) in [4.78, 5) is 55.8. The lowest BCUT2D eigenvalue weighted by molar-refractivity contribution is 0.0686. The van der Waals surface area contributed by atoms with E-state index in [4.69, 9.17) is 4.42 Å². The number of phenolic OH excluding ortho intramolecular Hbond substituents is 2. The van der Waals surface area contributed by atoms with Crippen LogP contribution in [0.25, 0.3) is 44.8 Å². The van der Waals surface area contributed by atoms with Gasteiger partial charge in [0.1, 0.15) is 17.2 Å². The molecule has 0 atom stereocenters. The number of carboxylic acid groups (broad SMARTS) is 2. The molecule has 6 aromatic carbocycles. The number of aromatic nitrogens is 1. The Bertz CT molecular complexity index is 2610. The lowest BCUT2D eigenvalue weighted by atomic mass is 9.84. The number of oxazole rings is 1. The van der Waals surface area contributed by atoms with Gasteiger partial charge in [0.25, 0.3) is 0 Å². The van der Waals surface area contributed by atoms with Crippen molar-refractivity contribution < 1.29 is 44.0 Å². The van der Waals surface area contributed by atoms with E-state index in [9.17, 15) is 39.6 Å². The third-order valence-corrected chi connectivity index (χ3v) is 8.95. The molecule has 0 fully saturated rings. The number of benzene rings is 6. The van der Waals surface area contributed by atoms with Gasteiger partial charge in [-0.2, -0.15) is 0 Å². The van der Waals surface area contributed by atoms with E-state index in [0.29, 0.717) is 27.9 Å². The fraction of sp³-hybridized carbons (Fsp3) is 0.0227. The van der Waals surface area contributed by atoms with Crippen LogP contribution in [0.4, 0.5) is 0 Å². The van der Waals surface area contributed by atoms with E-state index >= 15 is 0 Å². The van der Waals surface area contributed by atoms with Gasteiger partial charge in [0.2, 0.25) is 0 Å². The van der Waals surface area contributed by atoms with Crippen molar-refractivity contribution in [3.05, 3.63) is 173 Å². The van der Waals surface area contributed by atoms with E-state index in [1.54, 1.807) is 85.8 Å². The molecular formula is C44H29NO9. The predicted molar refractivity (Wildman–Crippen MR) is 200 cm³/mol. The molecule has 0 aliphatic heterocycles. The SMILES string of the molecule is Cc1nc(-c2ccc(C(=O)O)cc2)c(-c2ccc(C(=O)O)c(-c3ccc(C(=O)c4ccccc4)c(O)c3)c2-c2ccc(C(=O)c3ccccc3)c(O)c2)o1. The van der Waals surface area contributed by atoms with Gasteiger partial charge in [0, 0.05) is 40.3 Å². The number of nitrogens with zero attached hydrogens (tertiary/aromatic N) is 1. The largest absolute Gasteiger partial charge is 0.507 e. The zero-order valence-electron chi connectivity index (χ0n) is 28.5. The van der Waals surface area contributed by atoms with E-state index in [-0.39, 0.29) is 61.9 Å². The van der Waals surface area contributed by atoms with Crippen LogP contribution in [0.5, 0.6) is 11.5 Å². The van der Waals surface area contributed by atoms with Crippen molar-refractivity contribution in [2.24, 2.45) is 0 Å². The zero-order valence-corrected chi connectivity index (χ0v) is 28.5. The number of aromatic carboxylic acids is 2. The van der Waals surface area contributed by atoms with E-state index in [2.05, 4.69) is 4.98 Å². The molecule has 0 radical (unpaired) electrons. The van der Waals surface area contributed by atoms with Crippen molar-refractivity contribution in [1.29, 1.82) is 0 Å². The minimum Gasteiger partial charge on any atom is -0.507 e. The number of hydrogen-bond donors (Lipinski definition) is 4. The molecule has 10 heteroatoms. The number of carbonyl (C=O) groups is 4. The molecule has 0 bridgehead atoms. The van der Waals surface area contributed by atoms with Gasteiger partial charge in [-0.05, 0) is 59.7 Å². The summed E-state index contributed by atoms with van der Waals surface area (Å²) in [6, 6.07) is 34.3. The van der Waals surface area contributed by atoms with Crippen LogP contribution in [-0.2, 0) is 0 Å².